The summed E-state index contributed by atoms with van der Waals surface area (Å²) in [7, 11) is 0. The van der Waals surface area contributed by atoms with Crippen LogP contribution in [0.25, 0.3) is 0 Å². The quantitative estimate of drug-likeness (QED) is 0.410. The molecule has 1 saturated heterocycles. The van der Waals surface area contributed by atoms with E-state index in [2.05, 4.69) is 27.1 Å². The number of aromatic amines is 1. The minimum atomic E-state index is -0.793. The molecular weight excluding hydrogens is 499 g/mol. The fourth-order valence-electron chi connectivity index (χ4n) is 4.42. The maximum atomic E-state index is 13.6. The number of carbonyl (C=O) groups excluding carboxylic acids is 3. The first kappa shape index (κ1) is 26.3. The Labute approximate surface area is 218 Å². The molecule has 0 unspecified atom stereocenters. The minimum Gasteiger partial charge on any atom is -0.364 e. The number of rotatable bonds is 8. The van der Waals surface area contributed by atoms with Gasteiger partial charge in [0.2, 0.25) is 0 Å². The molecule has 1 aliphatic rings. The van der Waals surface area contributed by atoms with Crippen molar-refractivity contribution in [2.75, 3.05) is 36.4 Å². The van der Waals surface area contributed by atoms with E-state index in [1.165, 1.54) is 12.4 Å². The zero-order chi connectivity index (χ0) is 26.5. The van der Waals surface area contributed by atoms with Crippen molar-refractivity contribution in [3.63, 3.8) is 0 Å². The summed E-state index contributed by atoms with van der Waals surface area (Å²) in [5, 5.41) is 2.73. The third-order valence-electron chi connectivity index (χ3n) is 6.54. The van der Waals surface area contributed by atoms with E-state index < -0.39 is 23.5 Å². The number of carbonyl (C=O) groups is 3. The van der Waals surface area contributed by atoms with E-state index >= 15 is 0 Å². The summed E-state index contributed by atoms with van der Waals surface area (Å²) in [6, 6.07) is 10.3. The molecule has 4 rings (SSSR count). The van der Waals surface area contributed by atoms with Crippen LogP contribution in [0.5, 0.6) is 0 Å². The number of hydrogen-bond donors (Lipinski definition) is 3. The molecule has 194 valence electrons. The molecule has 9 nitrogen and oxygen atoms in total. The predicted molar refractivity (Wildman–Crippen MR) is 139 cm³/mol. The third kappa shape index (κ3) is 6.15. The van der Waals surface area contributed by atoms with Crippen molar-refractivity contribution in [1.29, 1.82) is 0 Å². The van der Waals surface area contributed by atoms with Gasteiger partial charge >= 0.3 is 0 Å². The molecule has 3 aromatic rings. The zero-order valence-electron chi connectivity index (χ0n) is 20.3. The lowest BCUT2D eigenvalue weighted by atomic mass is 9.95. The summed E-state index contributed by atoms with van der Waals surface area (Å²) < 4.78 is 13.3. The number of nitrogens with one attached hydrogen (secondary N) is 2. The number of hydrogen-bond acceptors (Lipinski definition) is 5. The first-order valence-electron chi connectivity index (χ1n) is 12.0. The fourth-order valence-corrected chi connectivity index (χ4v) is 4.68. The number of halogens is 2. The van der Waals surface area contributed by atoms with Gasteiger partial charge in [-0.05, 0) is 80.9 Å². The Morgan fingerprint density at radius 3 is 2.51 bits per heavy atom. The van der Waals surface area contributed by atoms with Crippen molar-refractivity contribution >= 4 is 40.7 Å². The van der Waals surface area contributed by atoms with Gasteiger partial charge in [0.15, 0.2) is 5.69 Å². The Balaban J connectivity index is 1.56. The van der Waals surface area contributed by atoms with E-state index in [1.807, 2.05) is 0 Å². The van der Waals surface area contributed by atoms with E-state index in [9.17, 15) is 18.8 Å². The summed E-state index contributed by atoms with van der Waals surface area (Å²) in [5.74, 6) is -1.96. The molecule has 1 fully saturated rings. The maximum Gasteiger partial charge on any atom is 0.277 e. The molecule has 3 amide bonds. The highest BCUT2D eigenvalue weighted by atomic mass is 35.5. The highest BCUT2D eigenvalue weighted by Crippen LogP contribution is 2.26. The summed E-state index contributed by atoms with van der Waals surface area (Å²) in [6.07, 6.45) is 3.15. The van der Waals surface area contributed by atoms with Crippen LogP contribution < -0.4 is 16.0 Å². The van der Waals surface area contributed by atoms with Crippen molar-refractivity contribution in [2.24, 2.45) is 11.7 Å². The predicted octanol–water partition coefficient (Wildman–Crippen LogP) is 3.93. The number of benzene rings is 2. The summed E-state index contributed by atoms with van der Waals surface area (Å²) >= 11 is 6.00. The van der Waals surface area contributed by atoms with Gasteiger partial charge in [-0.1, -0.05) is 18.5 Å². The number of H-pyrrole nitrogens is 1. The average molecular weight is 527 g/mol. The monoisotopic (exact) mass is 526 g/mol. The molecule has 4 N–H and O–H groups in total. The van der Waals surface area contributed by atoms with Crippen molar-refractivity contribution in [3.8, 4) is 0 Å². The summed E-state index contributed by atoms with van der Waals surface area (Å²) in [4.78, 5) is 48.6. The highest BCUT2D eigenvalue weighted by Gasteiger charge is 2.28. The highest BCUT2D eigenvalue weighted by molar-refractivity contribution is 6.34. The number of anilines is 2. The molecule has 2 aromatic carbocycles. The average Bonchev–Trinajstić information content (AvgIpc) is 3.38. The topological polar surface area (TPSA) is 124 Å². The largest absolute Gasteiger partial charge is 0.364 e. The molecular formula is C26H28ClFN6O3. The smallest absolute Gasteiger partial charge is 0.277 e. The van der Waals surface area contributed by atoms with Crippen molar-refractivity contribution in [1.82, 2.24) is 14.9 Å². The minimum absolute atomic E-state index is 0.00447. The van der Waals surface area contributed by atoms with Crippen LogP contribution in [0.15, 0.2) is 48.8 Å². The van der Waals surface area contributed by atoms with E-state index in [1.54, 1.807) is 29.2 Å². The Bertz CT molecular complexity index is 1290. The van der Waals surface area contributed by atoms with Gasteiger partial charge in [0, 0.05) is 17.9 Å². The molecule has 11 heteroatoms. The lowest BCUT2D eigenvalue weighted by Gasteiger charge is -2.34. The van der Waals surface area contributed by atoms with Crippen LogP contribution in [0.1, 0.15) is 51.1 Å². The van der Waals surface area contributed by atoms with Crippen LogP contribution in [-0.4, -0.2) is 58.8 Å². The van der Waals surface area contributed by atoms with Crippen LogP contribution in [-0.2, 0) is 0 Å². The summed E-state index contributed by atoms with van der Waals surface area (Å²) in [6.45, 7) is 5.48. The van der Waals surface area contributed by atoms with Gasteiger partial charge < -0.3 is 25.8 Å². The summed E-state index contributed by atoms with van der Waals surface area (Å²) in [5.41, 5.74) is 6.53. The van der Waals surface area contributed by atoms with Crippen molar-refractivity contribution in [2.45, 2.75) is 19.8 Å². The molecule has 2 heterocycles. The number of primary amides is 1. The number of imidazole rings is 1. The second kappa shape index (κ2) is 11.5. The molecule has 37 heavy (non-hydrogen) atoms. The molecule has 0 spiro atoms. The zero-order valence-corrected chi connectivity index (χ0v) is 21.1. The van der Waals surface area contributed by atoms with Crippen LogP contribution in [0.2, 0.25) is 5.02 Å². The molecule has 0 atom stereocenters. The van der Waals surface area contributed by atoms with Gasteiger partial charge in [-0.2, -0.15) is 0 Å². The standard InChI is InChI=1S/C26H28ClFN6O3/c1-2-33-11-9-16(10-12-33)14-34(26(37)23-22(24(29)35)30-15-31-23)19-6-4-18(5-7-19)32-25(36)20-8-3-17(28)13-21(20)27/h3-8,13,15-16H,2,9-12,14H2,1H3,(H2,29,35)(H,30,31)(H,32,36). The SMILES string of the molecule is CCN1CCC(CN(C(=O)c2[nH]cnc2C(N)=O)c2ccc(NC(=O)c3ccc(F)cc3Cl)cc2)CC1. The van der Waals surface area contributed by atoms with Gasteiger partial charge in [-0.3, -0.25) is 14.4 Å². The van der Waals surface area contributed by atoms with Gasteiger partial charge in [0.05, 0.1) is 16.9 Å². The second-order valence-corrected chi connectivity index (χ2v) is 9.32. The Morgan fingerprint density at radius 2 is 1.89 bits per heavy atom. The lowest BCUT2D eigenvalue weighted by molar-refractivity contribution is 0.0948. The number of piperidine rings is 1. The van der Waals surface area contributed by atoms with E-state index in [0.29, 0.717) is 17.9 Å². The van der Waals surface area contributed by atoms with E-state index in [4.69, 9.17) is 17.3 Å². The first-order chi connectivity index (χ1) is 17.8. The second-order valence-electron chi connectivity index (χ2n) is 8.91. The fraction of sp³-hybridized carbons (Fsp3) is 0.308. The van der Waals surface area contributed by atoms with Gasteiger partial charge in [-0.25, -0.2) is 9.37 Å². The van der Waals surface area contributed by atoms with Gasteiger partial charge in [0.1, 0.15) is 11.5 Å². The maximum absolute atomic E-state index is 13.6. The van der Waals surface area contributed by atoms with Crippen LogP contribution in [0, 0.1) is 11.7 Å². The van der Waals surface area contributed by atoms with Crippen LogP contribution >= 0.6 is 11.6 Å². The third-order valence-corrected chi connectivity index (χ3v) is 6.85. The Hall–Kier alpha value is -3.76. The first-order valence-corrected chi connectivity index (χ1v) is 12.4. The van der Waals surface area contributed by atoms with E-state index in [-0.39, 0.29) is 27.9 Å². The van der Waals surface area contributed by atoms with Gasteiger partial charge in [-0.15, -0.1) is 0 Å². The number of aromatic nitrogens is 2. The Kier molecular flexibility index (Phi) is 8.20. The molecule has 1 aliphatic heterocycles. The molecule has 0 radical (unpaired) electrons. The van der Waals surface area contributed by atoms with Crippen LogP contribution in [0.4, 0.5) is 15.8 Å². The van der Waals surface area contributed by atoms with Crippen molar-refractivity contribution < 1.29 is 18.8 Å². The lowest BCUT2D eigenvalue weighted by Crippen LogP contribution is -2.41. The number of amides is 3. The number of nitrogens with zero attached hydrogens (tertiary/aromatic N) is 3. The molecule has 0 aliphatic carbocycles. The van der Waals surface area contributed by atoms with Crippen molar-refractivity contribution in [3.05, 3.63) is 76.6 Å². The number of nitrogens with two attached hydrogens (primary N) is 1. The van der Waals surface area contributed by atoms with Gasteiger partial charge in [0.25, 0.3) is 17.7 Å². The Morgan fingerprint density at radius 1 is 1.19 bits per heavy atom. The molecule has 1 aromatic heterocycles. The van der Waals surface area contributed by atoms with E-state index in [0.717, 1.165) is 44.6 Å². The normalized spacial score (nSPS) is 14.4. The van der Waals surface area contributed by atoms with Crippen LogP contribution in [0.3, 0.4) is 0 Å². The number of likely N-dealkylation sites (tertiary alicyclic amines) is 1. The molecule has 0 bridgehead atoms. The molecule has 0 saturated carbocycles.